The Morgan fingerprint density at radius 1 is 1.16 bits per heavy atom. The third-order valence-electron chi connectivity index (χ3n) is 5.75. The van der Waals surface area contributed by atoms with Crippen molar-refractivity contribution in [2.24, 2.45) is 0 Å². The van der Waals surface area contributed by atoms with E-state index >= 15 is 0 Å². The highest BCUT2D eigenvalue weighted by Crippen LogP contribution is 2.36. The Morgan fingerprint density at radius 2 is 1.90 bits per heavy atom. The number of hydrogen-bond acceptors (Lipinski definition) is 6. The van der Waals surface area contributed by atoms with Crippen molar-refractivity contribution in [3.63, 3.8) is 0 Å². The fourth-order valence-corrected chi connectivity index (χ4v) is 3.72. The molecular formula is C23H27N3O5. The summed E-state index contributed by atoms with van der Waals surface area (Å²) in [6, 6.07) is 10.9. The average molecular weight is 425 g/mol. The summed E-state index contributed by atoms with van der Waals surface area (Å²) in [7, 11) is 3.33. The Balaban J connectivity index is 1.48. The van der Waals surface area contributed by atoms with Gasteiger partial charge in [-0.3, -0.25) is 14.5 Å². The van der Waals surface area contributed by atoms with Gasteiger partial charge >= 0.3 is 0 Å². The average Bonchev–Trinajstić information content (AvgIpc) is 3.15. The molecule has 0 spiro atoms. The highest BCUT2D eigenvalue weighted by molar-refractivity contribution is 6.08. The largest absolute Gasteiger partial charge is 0.495 e. The van der Waals surface area contributed by atoms with Crippen LogP contribution in [-0.2, 0) is 14.3 Å². The van der Waals surface area contributed by atoms with Crippen LogP contribution in [0.3, 0.4) is 0 Å². The Kier molecular flexibility index (Phi) is 6.11. The zero-order valence-corrected chi connectivity index (χ0v) is 18.0. The highest BCUT2D eigenvalue weighted by atomic mass is 16.5. The van der Waals surface area contributed by atoms with Crippen molar-refractivity contribution < 1.29 is 23.5 Å². The summed E-state index contributed by atoms with van der Waals surface area (Å²) in [5, 5.41) is 4.83. The zero-order chi connectivity index (χ0) is 22.0. The van der Waals surface area contributed by atoms with Crippen LogP contribution in [-0.4, -0.2) is 74.7 Å². The summed E-state index contributed by atoms with van der Waals surface area (Å²) in [6.07, 6.45) is 0. The number of para-hydroxylation sites is 1. The number of ether oxygens (including phenoxy) is 2. The van der Waals surface area contributed by atoms with E-state index in [4.69, 9.17) is 13.9 Å². The molecule has 0 radical (unpaired) electrons. The van der Waals surface area contributed by atoms with Gasteiger partial charge in [-0.1, -0.05) is 18.2 Å². The van der Waals surface area contributed by atoms with Gasteiger partial charge in [0.25, 0.3) is 0 Å². The second-order valence-electron chi connectivity index (χ2n) is 7.72. The van der Waals surface area contributed by atoms with Crippen LogP contribution in [0.1, 0.15) is 6.92 Å². The minimum absolute atomic E-state index is 0.00766. The SMILES string of the molecule is COc1cc2c(cc1NC(=O)[C@H](C)N(C)CC(=O)N1CCOCC1)oc1ccccc12. The quantitative estimate of drug-likeness (QED) is 0.654. The van der Waals surface area contributed by atoms with Crippen LogP contribution < -0.4 is 10.1 Å². The number of morpholine rings is 1. The lowest BCUT2D eigenvalue weighted by atomic mass is 10.1. The van der Waals surface area contributed by atoms with Gasteiger partial charge in [-0.15, -0.1) is 0 Å². The molecule has 0 unspecified atom stereocenters. The van der Waals surface area contributed by atoms with Gasteiger partial charge < -0.3 is 24.1 Å². The summed E-state index contributed by atoms with van der Waals surface area (Å²) in [6.45, 7) is 4.21. The monoisotopic (exact) mass is 425 g/mol. The van der Waals surface area contributed by atoms with Gasteiger partial charge in [0, 0.05) is 29.9 Å². The number of likely N-dealkylation sites (N-methyl/N-ethyl adjacent to an activating group) is 1. The lowest BCUT2D eigenvalue weighted by Crippen LogP contribution is -2.48. The first kappa shape index (κ1) is 21.1. The molecule has 2 aromatic carbocycles. The maximum absolute atomic E-state index is 12.9. The number of nitrogens with one attached hydrogen (secondary N) is 1. The lowest BCUT2D eigenvalue weighted by molar-refractivity contribution is -0.137. The van der Waals surface area contributed by atoms with Crippen LogP contribution in [0, 0.1) is 0 Å². The van der Waals surface area contributed by atoms with E-state index in [1.807, 2.05) is 30.3 Å². The van der Waals surface area contributed by atoms with Crippen molar-refractivity contribution in [3.8, 4) is 5.75 Å². The van der Waals surface area contributed by atoms with Crippen molar-refractivity contribution in [3.05, 3.63) is 36.4 Å². The van der Waals surface area contributed by atoms with Gasteiger partial charge in [-0.05, 0) is 26.1 Å². The predicted octanol–water partition coefficient (Wildman–Crippen LogP) is 2.71. The molecule has 2 amide bonds. The standard InChI is InChI=1S/C23H27N3O5/c1-15(25(2)14-22(27)26-8-10-30-11-9-26)23(28)24-18-13-20-17(12-21(18)29-3)16-6-4-5-7-19(16)31-20/h4-7,12-13,15H,8-11,14H2,1-3H3,(H,24,28)/t15-/m0/s1. The second-order valence-corrected chi connectivity index (χ2v) is 7.72. The number of carbonyl (C=O) groups excluding carboxylic acids is 2. The molecule has 1 atom stereocenters. The fraction of sp³-hybridized carbons (Fsp3) is 0.391. The van der Waals surface area contributed by atoms with Crippen molar-refractivity contribution in [1.29, 1.82) is 0 Å². The number of amides is 2. The molecule has 1 aromatic heterocycles. The number of methoxy groups -OCH3 is 1. The van der Waals surface area contributed by atoms with Crippen LogP contribution >= 0.6 is 0 Å². The number of anilines is 1. The van der Waals surface area contributed by atoms with Gasteiger partial charge in [-0.2, -0.15) is 0 Å². The first-order chi connectivity index (χ1) is 15.0. The lowest BCUT2D eigenvalue weighted by Gasteiger charge is -2.30. The van der Waals surface area contributed by atoms with Gasteiger partial charge in [0.2, 0.25) is 11.8 Å². The predicted molar refractivity (Wildman–Crippen MR) is 118 cm³/mol. The van der Waals surface area contributed by atoms with Crippen LogP contribution in [0.15, 0.2) is 40.8 Å². The van der Waals surface area contributed by atoms with E-state index in [9.17, 15) is 9.59 Å². The number of carbonyl (C=O) groups is 2. The molecule has 3 aromatic rings. The fourth-order valence-electron chi connectivity index (χ4n) is 3.72. The molecular weight excluding hydrogens is 398 g/mol. The number of hydrogen-bond donors (Lipinski definition) is 1. The summed E-state index contributed by atoms with van der Waals surface area (Å²) >= 11 is 0. The van der Waals surface area contributed by atoms with Crippen molar-refractivity contribution in [2.45, 2.75) is 13.0 Å². The maximum Gasteiger partial charge on any atom is 0.241 e. The minimum atomic E-state index is -0.513. The van der Waals surface area contributed by atoms with E-state index in [1.165, 1.54) is 0 Å². The molecule has 8 nitrogen and oxygen atoms in total. The first-order valence-corrected chi connectivity index (χ1v) is 10.3. The van der Waals surface area contributed by atoms with Crippen LogP contribution in [0.5, 0.6) is 5.75 Å². The van der Waals surface area contributed by atoms with Crippen LogP contribution in [0.4, 0.5) is 5.69 Å². The van der Waals surface area contributed by atoms with Gasteiger partial charge in [0.05, 0.1) is 38.6 Å². The molecule has 8 heteroatoms. The van der Waals surface area contributed by atoms with E-state index in [1.54, 1.807) is 36.9 Å². The van der Waals surface area contributed by atoms with Crippen LogP contribution in [0.25, 0.3) is 21.9 Å². The Labute approximate surface area is 180 Å². The Morgan fingerprint density at radius 3 is 2.65 bits per heavy atom. The molecule has 2 heterocycles. The van der Waals surface area contributed by atoms with E-state index in [0.717, 1.165) is 16.4 Å². The van der Waals surface area contributed by atoms with E-state index < -0.39 is 6.04 Å². The molecule has 0 saturated carbocycles. The zero-order valence-electron chi connectivity index (χ0n) is 18.0. The smallest absolute Gasteiger partial charge is 0.241 e. The van der Waals surface area contributed by atoms with Crippen molar-refractivity contribution >= 4 is 39.4 Å². The highest BCUT2D eigenvalue weighted by Gasteiger charge is 2.25. The molecule has 1 saturated heterocycles. The van der Waals surface area contributed by atoms with Crippen molar-refractivity contribution in [1.82, 2.24) is 9.80 Å². The van der Waals surface area contributed by atoms with E-state index in [0.29, 0.717) is 43.3 Å². The van der Waals surface area contributed by atoms with Gasteiger partial charge in [0.1, 0.15) is 16.9 Å². The maximum atomic E-state index is 12.9. The van der Waals surface area contributed by atoms with Crippen LogP contribution in [0.2, 0.25) is 0 Å². The third-order valence-corrected chi connectivity index (χ3v) is 5.75. The summed E-state index contributed by atoms with van der Waals surface area (Å²) < 4.78 is 16.7. The number of rotatable bonds is 6. The molecule has 1 fully saturated rings. The summed E-state index contributed by atoms with van der Waals surface area (Å²) in [4.78, 5) is 28.9. The van der Waals surface area contributed by atoms with Gasteiger partial charge in [-0.25, -0.2) is 0 Å². The second kappa shape index (κ2) is 8.95. The molecule has 1 aliphatic heterocycles. The number of nitrogens with zero attached hydrogens (tertiary/aromatic N) is 2. The topological polar surface area (TPSA) is 84.2 Å². The van der Waals surface area contributed by atoms with E-state index in [2.05, 4.69) is 5.32 Å². The minimum Gasteiger partial charge on any atom is -0.495 e. The molecule has 0 aliphatic carbocycles. The van der Waals surface area contributed by atoms with Gasteiger partial charge in [0.15, 0.2) is 0 Å². The number of benzene rings is 2. The first-order valence-electron chi connectivity index (χ1n) is 10.3. The Bertz CT molecular complexity index is 1100. The molecule has 1 aliphatic rings. The molecule has 164 valence electrons. The third kappa shape index (κ3) is 4.35. The molecule has 1 N–H and O–H groups in total. The van der Waals surface area contributed by atoms with E-state index in [-0.39, 0.29) is 18.4 Å². The molecule has 31 heavy (non-hydrogen) atoms. The normalized spacial score (nSPS) is 15.4. The number of fused-ring (bicyclic) bond motifs is 3. The summed E-state index contributed by atoms with van der Waals surface area (Å²) in [5.74, 6) is 0.310. The Hall–Kier alpha value is -3.10. The van der Waals surface area contributed by atoms with Crippen molar-refractivity contribution in [2.75, 3.05) is 52.3 Å². The number of furan rings is 1. The molecule has 0 bridgehead atoms. The molecule has 4 rings (SSSR count). The summed E-state index contributed by atoms with van der Waals surface area (Å²) in [5.41, 5.74) is 1.97.